The SMILES string of the molecule is Cc1ccc(O)c(NC(=O)C(CCc2ccccc2)NC(=O)[C@@H]2C[C@@H](NC(=O)CN)CN2)c1. The normalized spacial score (nSPS) is 18.4. The Labute approximate surface area is 193 Å². The summed E-state index contributed by atoms with van der Waals surface area (Å²) >= 11 is 0. The minimum Gasteiger partial charge on any atom is -0.506 e. The monoisotopic (exact) mass is 453 g/mol. The van der Waals surface area contributed by atoms with Gasteiger partial charge in [-0.05, 0) is 49.4 Å². The molecule has 0 spiro atoms. The van der Waals surface area contributed by atoms with Crippen LogP contribution in [0.4, 0.5) is 5.69 Å². The van der Waals surface area contributed by atoms with Crippen molar-refractivity contribution < 1.29 is 19.5 Å². The van der Waals surface area contributed by atoms with Gasteiger partial charge in [-0.15, -0.1) is 0 Å². The summed E-state index contributed by atoms with van der Waals surface area (Å²) in [7, 11) is 0. The fourth-order valence-electron chi connectivity index (χ4n) is 3.80. The second-order valence-electron chi connectivity index (χ2n) is 8.26. The highest BCUT2D eigenvalue weighted by Crippen LogP contribution is 2.24. The first-order valence-corrected chi connectivity index (χ1v) is 11.0. The summed E-state index contributed by atoms with van der Waals surface area (Å²) < 4.78 is 0. The molecular formula is C24H31N5O4. The van der Waals surface area contributed by atoms with E-state index >= 15 is 0 Å². The zero-order chi connectivity index (χ0) is 23.8. The summed E-state index contributed by atoms with van der Waals surface area (Å²) in [6, 6.07) is 13.1. The van der Waals surface area contributed by atoms with Gasteiger partial charge in [0.25, 0.3) is 0 Å². The van der Waals surface area contributed by atoms with Gasteiger partial charge >= 0.3 is 0 Å². The third-order valence-corrected chi connectivity index (χ3v) is 5.61. The number of carbonyl (C=O) groups excluding carboxylic acids is 3. The van der Waals surface area contributed by atoms with Gasteiger partial charge < -0.3 is 32.1 Å². The smallest absolute Gasteiger partial charge is 0.247 e. The number of aryl methyl sites for hydroxylation is 2. The van der Waals surface area contributed by atoms with Crippen molar-refractivity contribution in [1.29, 1.82) is 0 Å². The number of benzene rings is 2. The Morgan fingerprint density at radius 2 is 1.94 bits per heavy atom. The highest BCUT2D eigenvalue weighted by Gasteiger charge is 2.32. The Balaban J connectivity index is 1.67. The standard InChI is InChI=1S/C24H31N5O4/c1-15-7-10-21(30)19(11-15)29-23(32)18(9-8-16-5-3-2-4-6-16)28-24(33)20-12-17(14-26-20)27-22(31)13-25/h2-7,10-11,17-18,20,26,30H,8-9,12-14,25H2,1H3,(H,27,31)(H,28,33)(H,29,32)/t17-,18?,20+/m1/s1. The number of nitrogens with one attached hydrogen (secondary N) is 4. The maximum Gasteiger partial charge on any atom is 0.247 e. The van der Waals surface area contributed by atoms with Crippen LogP contribution in [0.25, 0.3) is 0 Å². The summed E-state index contributed by atoms with van der Waals surface area (Å²) in [5, 5.41) is 21.5. The van der Waals surface area contributed by atoms with E-state index in [1.807, 2.05) is 37.3 Å². The average Bonchev–Trinajstić information content (AvgIpc) is 3.28. The number of carbonyl (C=O) groups is 3. The van der Waals surface area contributed by atoms with E-state index < -0.39 is 18.0 Å². The van der Waals surface area contributed by atoms with Crippen LogP contribution in [0.15, 0.2) is 48.5 Å². The lowest BCUT2D eigenvalue weighted by Crippen LogP contribution is -2.50. The van der Waals surface area contributed by atoms with Gasteiger partial charge in [-0.3, -0.25) is 14.4 Å². The van der Waals surface area contributed by atoms with Crippen molar-refractivity contribution in [3.63, 3.8) is 0 Å². The molecule has 1 aliphatic heterocycles. The number of phenolic OH excluding ortho intramolecular Hbond substituents is 1. The van der Waals surface area contributed by atoms with E-state index in [4.69, 9.17) is 5.73 Å². The quantitative estimate of drug-likeness (QED) is 0.306. The molecule has 1 fully saturated rings. The van der Waals surface area contributed by atoms with Crippen LogP contribution in [-0.4, -0.2) is 54.0 Å². The molecule has 3 atom stereocenters. The molecular weight excluding hydrogens is 422 g/mol. The van der Waals surface area contributed by atoms with Gasteiger partial charge in [-0.25, -0.2) is 0 Å². The largest absolute Gasteiger partial charge is 0.506 e. The van der Waals surface area contributed by atoms with Crippen molar-refractivity contribution in [3.8, 4) is 5.75 Å². The summed E-state index contributed by atoms with van der Waals surface area (Å²) in [4.78, 5) is 37.5. The van der Waals surface area contributed by atoms with Crippen LogP contribution >= 0.6 is 0 Å². The molecule has 1 unspecified atom stereocenters. The molecule has 2 aromatic rings. The van der Waals surface area contributed by atoms with E-state index in [0.29, 0.717) is 31.5 Å². The van der Waals surface area contributed by atoms with Crippen LogP contribution in [0.2, 0.25) is 0 Å². The van der Waals surface area contributed by atoms with Crippen LogP contribution in [-0.2, 0) is 20.8 Å². The maximum atomic E-state index is 13.1. The molecule has 9 nitrogen and oxygen atoms in total. The second kappa shape index (κ2) is 11.4. The lowest BCUT2D eigenvalue weighted by Gasteiger charge is -2.21. The summed E-state index contributed by atoms with van der Waals surface area (Å²) in [6.07, 6.45) is 1.38. The molecule has 3 rings (SSSR count). The van der Waals surface area contributed by atoms with Crippen LogP contribution < -0.4 is 27.0 Å². The number of hydrogen-bond donors (Lipinski definition) is 6. The number of phenols is 1. The Bertz CT molecular complexity index is 982. The Hall–Kier alpha value is -3.43. The minimum absolute atomic E-state index is 0.0435. The number of amides is 3. The molecule has 0 aromatic heterocycles. The molecule has 0 radical (unpaired) electrons. The number of rotatable bonds is 9. The van der Waals surface area contributed by atoms with E-state index in [9.17, 15) is 19.5 Å². The number of nitrogens with two attached hydrogens (primary N) is 1. The first-order valence-electron chi connectivity index (χ1n) is 11.0. The molecule has 1 heterocycles. The van der Waals surface area contributed by atoms with Gasteiger partial charge in [0.1, 0.15) is 11.8 Å². The van der Waals surface area contributed by atoms with E-state index in [-0.39, 0.29) is 30.2 Å². The predicted molar refractivity (Wildman–Crippen MR) is 126 cm³/mol. The zero-order valence-corrected chi connectivity index (χ0v) is 18.6. The summed E-state index contributed by atoms with van der Waals surface area (Å²) in [6.45, 7) is 2.19. The molecule has 0 saturated carbocycles. The molecule has 0 aliphatic carbocycles. The summed E-state index contributed by atoms with van der Waals surface area (Å²) in [5.74, 6) is -1.05. The Morgan fingerprint density at radius 3 is 2.67 bits per heavy atom. The van der Waals surface area contributed by atoms with E-state index in [1.165, 1.54) is 6.07 Å². The van der Waals surface area contributed by atoms with Gasteiger partial charge in [0.05, 0.1) is 18.3 Å². The molecule has 9 heteroatoms. The fourth-order valence-corrected chi connectivity index (χ4v) is 3.80. The van der Waals surface area contributed by atoms with Crippen molar-refractivity contribution in [1.82, 2.24) is 16.0 Å². The molecule has 2 aromatic carbocycles. The van der Waals surface area contributed by atoms with Gasteiger partial charge in [-0.2, -0.15) is 0 Å². The highest BCUT2D eigenvalue weighted by molar-refractivity contribution is 5.98. The lowest BCUT2D eigenvalue weighted by atomic mass is 10.0. The van der Waals surface area contributed by atoms with Crippen molar-refractivity contribution >= 4 is 23.4 Å². The van der Waals surface area contributed by atoms with Gasteiger partial charge in [0.15, 0.2) is 0 Å². The highest BCUT2D eigenvalue weighted by atomic mass is 16.3. The third kappa shape index (κ3) is 7.03. The molecule has 7 N–H and O–H groups in total. The molecule has 1 aliphatic rings. The first kappa shape index (κ1) is 24.2. The van der Waals surface area contributed by atoms with Gasteiger partial charge in [0.2, 0.25) is 17.7 Å². The minimum atomic E-state index is -0.808. The van der Waals surface area contributed by atoms with E-state index in [1.54, 1.807) is 12.1 Å². The number of aromatic hydroxyl groups is 1. The predicted octanol–water partition coefficient (Wildman–Crippen LogP) is 0.562. The van der Waals surface area contributed by atoms with Crippen LogP contribution in [0.5, 0.6) is 5.75 Å². The van der Waals surface area contributed by atoms with Crippen molar-refractivity contribution in [2.45, 2.75) is 44.3 Å². The number of hydrogen-bond acceptors (Lipinski definition) is 6. The lowest BCUT2D eigenvalue weighted by molar-refractivity contribution is -0.127. The second-order valence-corrected chi connectivity index (χ2v) is 8.26. The number of anilines is 1. The van der Waals surface area contributed by atoms with E-state index in [0.717, 1.165) is 11.1 Å². The fraction of sp³-hybridized carbons (Fsp3) is 0.375. The van der Waals surface area contributed by atoms with E-state index in [2.05, 4.69) is 21.3 Å². The topological polar surface area (TPSA) is 146 Å². The molecule has 33 heavy (non-hydrogen) atoms. The van der Waals surface area contributed by atoms with Gasteiger partial charge in [0, 0.05) is 12.6 Å². The molecule has 176 valence electrons. The van der Waals surface area contributed by atoms with Crippen LogP contribution in [0, 0.1) is 6.92 Å². The Morgan fingerprint density at radius 1 is 1.18 bits per heavy atom. The molecule has 3 amide bonds. The molecule has 0 bridgehead atoms. The average molecular weight is 454 g/mol. The third-order valence-electron chi connectivity index (χ3n) is 5.61. The summed E-state index contributed by atoms with van der Waals surface area (Å²) in [5.41, 5.74) is 7.56. The first-order chi connectivity index (χ1) is 15.9. The zero-order valence-electron chi connectivity index (χ0n) is 18.6. The van der Waals surface area contributed by atoms with Crippen molar-refractivity contribution in [2.24, 2.45) is 5.73 Å². The Kier molecular flexibility index (Phi) is 8.39. The maximum absolute atomic E-state index is 13.1. The van der Waals surface area contributed by atoms with Crippen LogP contribution in [0.3, 0.4) is 0 Å². The van der Waals surface area contributed by atoms with Crippen LogP contribution in [0.1, 0.15) is 24.0 Å². The van der Waals surface area contributed by atoms with Crippen molar-refractivity contribution in [3.05, 3.63) is 59.7 Å². The van der Waals surface area contributed by atoms with Gasteiger partial charge in [-0.1, -0.05) is 36.4 Å². The van der Waals surface area contributed by atoms with Crippen molar-refractivity contribution in [2.75, 3.05) is 18.4 Å². The molecule has 1 saturated heterocycles.